The number of rotatable bonds is 7. The molecule has 3 aromatic carbocycles. The van der Waals surface area contributed by atoms with E-state index in [1.807, 2.05) is 96.0 Å². The van der Waals surface area contributed by atoms with Gasteiger partial charge >= 0.3 is 0 Å². The number of hydrogen-bond acceptors (Lipinski definition) is 4. The van der Waals surface area contributed by atoms with Crippen LogP contribution in [0.2, 0.25) is 0 Å². The molecule has 1 amide bonds. The highest BCUT2D eigenvalue weighted by atomic mass is 32.1. The summed E-state index contributed by atoms with van der Waals surface area (Å²) in [6.07, 6.45) is 1.01. The Kier molecular flexibility index (Phi) is 5.91. The molecule has 164 valence electrons. The number of hydrogen-bond donors (Lipinski definition) is 1. The number of carbonyl (C=O) groups is 1. The Morgan fingerprint density at radius 2 is 1.52 bits per heavy atom. The average Bonchev–Trinajstić information content (AvgIpc) is 3.49. The van der Waals surface area contributed by atoms with E-state index in [9.17, 15) is 4.79 Å². The topological polar surface area (TPSA) is 50.2 Å². The average molecular weight is 453 g/mol. The molecule has 0 radical (unpaired) electrons. The Bertz CT molecular complexity index is 1340. The Morgan fingerprint density at radius 3 is 2.18 bits per heavy atom. The number of carbonyl (C=O) groups excluding carboxylic acids is 1. The highest BCUT2D eigenvalue weighted by molar-refractivity contribution is 7.17. The fraction of sp³-hybridized carbons (Fsp3) is 0.111. The van der Waals surface area contributed by atoms with E-state index in [4.69, 9.17) is 4.98 Å². The van der Waals surface area contributed by atoms with Gasteiger partial charge in [-0.15, -0.1) is 11.3 Å². The van der Waals surface area contributed by atoms with Crippen LogP contribution in [0, 0.1) is 0 Å². The highest BCUT2D eigenvalue weighted by Crippen LogP contribution is 2.31. The minimum atomic E-state index is -0.155. The van der Waals surface area contributed by atoms with Gasteiger partial charge < -0.3 is 4.57 Å². The predicted octanol–water partition coefficient (Wildman–Crippen LogP) is 6.66. The van der Waals surface area contributed by atoms with E-state index in [1.165, 1.54) is 11.3 Å². The number of hydrazine groups is 1. The van der Waals surface area contributed by atoms with Crippen molar-refractivity contribution in [3.63, 3.8) is 0 Å². The Morgan fingerprint density at radius 1 is 0.879 bits per heavy atom. The molecule has 0 atom stereocenters. The molecule has 33 heavy (non-hydrogen) atoms. The molecule has 5 aromatic rings. The second-order valence-corrected chi connectivity index (χ2v) is 8.77. The zero-order valence-electron chi connectivity index (χ0n) is 18.3. The quantitative estimate of drug-likeness (QED) is 0.281. The summed E-state index contributed by atoms with van der Waals surface area (Å²) in [6.45, 7) is 3.04. The van der Waals surface area contributed by atoms with Crippen molar-refractivity contribution in [2.24, 2.45) is 0 Å². The van der Waals surface area contributed by atoms with Gasteiger partial charge in [-0.05, 0) is 55.0 Å². The maximum absolute atomic E-state index is 13.3. The normalized spacial score (nSPS) is 10.9. The van der Waals surface area contributed by atoms with Crippen LogP contribution in [0.3, 0.4) is 0 Å². The first-order chi connectivity index (χ1) is 16.2. The molecule has 5 nitrogen and oxygen atoms in total. The van der Waals surface area contributed by atoms with E-state index in [0.717, 1.165) is 46.1 Å². The number of aromatic nitrogens is 2. The van der Waals surface area contributed by atoms with Crippen LogP contribution < -0.4 is 10.4 Å². The van der Waals surface area contributed by atoms with Crippen LogP contribution in [-0.4, -0.2) is 15.5 Å². The van der Waals surface area contributed by atoms with E-state index in [1.54, 1.807) is 0 Å². The van der Waals surface area contributed by atoms with Gasteiger partial charge in [-0.25, -0.2) is 4.98 Å². The van der Waals surface area contributed by atoms with Crippen molar-refractivity contribution in [3.8, 4) is 10.7 Å². The maximum atomic E-state index is 13.3. The summed E-state index contributed by atoms with van der Waals surface area (Å²) >= 11 is 1.46. The molecule has 0 aliphatic heterocycles. The summed E-state index contributed by atoms with van der Waals surface area (Å²) < 4.78 is 2.24. The number of benzene rings is 3. The summed E-state index contributed by atoms with van der Waals surface area (Å²) in [5.74, 6) is 0.752. The van der Waals surface area contributed by atoms with Gasteiger partial charge in [0.2, 0.25) is 0 Å². The van der Waals surface area contributed by atoms with Gasteiger partial charge in [0.15, 0.2) is 5.82 Å². The lowest BCUT2D eigenvalue weighted by molar-refractivity contribution is 0.0958. The lowest BCUT2D eigenvalue weighted by Gasteiger charge is -2.25. The van der Waals surface area contributed by atoms with Crippen molar-refractivity contribution in [1.82, 2.24) is 15.0 Å². The number of amides is 1. The lowest BCUT2D eigenvalue weighted by Crippen LogP contribution is -2.38. The van der Waals surface area contributed by atoms with Crippen LogP contribution in [0.1, 0.15) is 23.0 Å². The number of aryl methyl sites for hydroxylation is 1. The van der Waals surface area contributed by atoms with Gasteiger partial charge in [0.25, 0.3) is 5.91 Å². The molecule has 1 N–H and O–H groups in total. The molecule has 0 saturated heterocycles. The van der Waals surface area contributed by atoms with Crippen LogP contribution in [0.15, 0.2) is 97.1 Å². The van der Waals surface area contributed by atoms with E-state index < -0.39 is 0 Å². The minimum absolute atomic E-state index is 0.155. The molecule has 2 heterocycles. The minimum Gasteiger partial charge on any atom is -0.323 e. The van der Waals surface area contributed by atoms with Gasteiger partial charge in [0.05, 0.1) is 32.2 Å². The van der Waals surface area contributed by atoms with Crippen molar-refractivity contribution in [1.29, 1.82) is 0 Å². The Labute approximate surface area is 196 Å². The van der Waals surface area contributed by atoms with Crippen molar-refractivity contribution < 1.29 is 4.79 Å². The summed E-state index contributed by atoms with van der Waals surface area (Å²) in [4.78, 5) is 19.7. The maximum Gasteiger partial charge on any atom is 0.280 e. The van der Waals surface area contributed by atoms with Crippen molar-refractivity contribution >= 4 is 39.7 Å². The fourth-order valence-electron chi connectivity index (χ4n) is 3.88. The number of imidazole rings is 1. The van der Waals surface area contributed by atoms with Crippen molar-refractivity contribution in [2.45, 2.75) is 19.9 Å². The third-order valence-electron chi connectivity index (χ3n) is 5.39. The summed E-state index contributed by atoms with van der Waals surface area (Å²) in [5, 5.41) is 1.81. The van der Waals surface area contributed by atoms with Gasteiger partial charge in [-0.2, -0.15) is 0 Å². The first kappa shape index (κ1) is 21.0. The molecular weight excluding hydrogens is 428 g/mol. The predicted molar refractivity (Wildman–Crippen MR) is 136 cm³/mol. The molecule has 0 aliphatic rings. The van der Waals surface area contributed by atoms with E-state index in [2.05, 4.69) is 23.0 Å². The SMILES string of the molecule is CCCn1c(-c2ccc(C(=O)NN(c3ccccc3)c3ccccc3)s2)nc2ccccc21. The van der Waals surface area contributed by atoms with Crippen LogP contribution in [0.5, 0.6) is 0 Å². The third-order valence-corrected chi connectivity index (χ3v) is 6.47. The number of para-hydroxylation sites is 4. The first-order valence-corrected chi connectivity index (χ1v) is 11.8. The molecule has 0 spiro atoms. The molecule has 2 aromatic heterocycles. The summed E-state index contributed by atoms with van der Waals surface area (Å²) in [6, 6.07) is 31.7. The van der Waals surface area contributed by atoms with Crippen LogP contribution in [0.4, 0.5) is 11.4 Å². The number of thiophene rings is 1. The standard InChI is InChI=1S/C27H24N4OS/c1-2-19-30-23-16-10-9-15-22(23)28-26(30)24-17-18-25(33-24)27(32)29-31(20-11-5-3-6-12-20)21-13-7-4-8-14-21/h3-18H,2,19H2,1H3,(H,29,32). The van der Waals surface area contributed by atoms with Crippen molar-refractivity contribution in [3.05, 3.63) is 102 Å². The molecule has 0 unspecified atom stereocenters. The van der Waals surface area contributed by atoms with Gasteiger partial charge in [-0.3, -0.25) is 15.2 Å². The van der Waals surface area contributed by atoms with E-state index in [0.29, 0.717) is 4.88 Å². The molecule has 0 aliphatic carbocycles. The zero-order valence-corrected chi connectivity index (χ0v) is 19.1. The number of fused-ring (bicyclic) bond motifs is 1. The van der Waals surface area contributed by atoms with E-state index in [-0.39, 0.29) is 5.91 Å². The second-order valence-electron chi connectivity index (χ2n) is 7.69. The smallest absolute Gasteiger partial charge is 0.280 e. The van der Waals surface area contributed by atoms with Crippen LogP contribution in [-0.2, 0) is 6.54 Å². The van der Waals surface area contributed by atoms with Gasteiger partial charge in [0, 0.05) is 6.54 Å². The van der Waals surface area contributed by atoms with Crippen LogP contribution >= 0.6 is 11.3 Å². The number of nitrogens with zero attached hydrogens (tertiary/aromatic N) is 3. The van der Waals surface area contributed by atoms with Gasteiger partial charge in [-0.1, -0.05) is 55.5 Å². The summed E-state index contributed by atoms with van der Waals surface area (Å²) in [5.41, 5.74) is 6.94. The van der Waals surface area contributed by atoms with Crippen molar-refractivity contribution in [2.75, 3.05) is 5.01 Å². The molecule has 0 fully saturated rings. The highest BCUT2D eigenvalue weighted by Gasteiger charge is 2.19. The fourth-order valence-corrected chi connectivity index (χ4v) is 4.78. The zero-order chi connectivity index (χ0) is 22.6. The Balaban J connectivity index is 1.46. The third kappa shape index (κ3) is 4.25. The molecule has 0 bridgehead atoms. The largest absolute Gasteiger partial charge is 0.323 e. The molecule has 6 heteroatoms. The first-order valence-electron chi connectivity index (χ1n) is 11.0. The molecule has 5 rings (SSSR count). The van der Waals surface area contributed by atoms with E-state index >= 15 is 0 Å². The molecule has 0 saturated carbocycles. The lowest BCUT2D eigenvalue weighted by atomic mass is 10.2. The monoisotopic (exact) mass is 452 g/mol. The summed E-state index contributed by atoms with van der Waals surface area (Å²) in [7, 11) is 0. The number of anilines is 2. The second kappa shape index (κ2) is 9.30. The van der Waals surface area contributed by atoms with Gasteiger partial charge in [0.1, 0.15) is 0 Å². The number of nitrogens with one attached hydrogen (secondary N) is 1. The molecular formula is C27H24N4OS. The Hall–Kier alpha value is -3.90. The van der Waals surface area contributed by atoms with Crippen LogP contribution in [0.25, 0.3) is 21.7 Å².